The zero-order valence-corrected chi connectivity index (χ0v) is 36.9. The number of amides is 3. The minimum Gasteiger partial charge on any atom is -0.459 e. The van der Waals surface area contributed by atoms with E-state index in [1.54, 1.807) is 0 Å². The van der Waals surface area contributed by atoms with Crippen LogP contribution in [-0.2, 0) is 57.2 Å². The number of halogens is 9. The summed E-state index contributed by atoms with van der Waals surface area (Å²) < 4.78 is 147. The summed E-state index contributed by atoms with van der Waals surface area (Å²) in [6.45, 7) is 7.36. The Balaban J connectivity index is 7.22. The Kier molecular flexibility index (Phi) is 20.3. The van der Waals surface area contributed by atoms with E-state index < -0.39 is 160 Å². The van der Waals surface area contributed by atoms with E-state index in [9.17, 15) is 73.1 Å². The first-order valence-corrected chi connectivity index (χ1v) is 18.9. The highest BCUT2D eigenvalue weighted by atomic mass is 19.4. The maximum Gasteiger partial charge on any atom is 0.389 e. The predicted octanol–water partition coefficient (Wildman–Crippen LogP) is 5.70. The molecule has 0 aliphatic heterocycles. The first kappa shape index (κ1) is 57.6. The molecule has 3 amide bonds. The zero-order valence-electron chi connectivity index (χ0n) is 36.9. The minimum atomic E-state index is -5.59. The monoisotopic (exact) mass is 919 g/mol. The molecule has 0 saturated carbocycles. The average molecular weight is 920 g/mol. The van der Waals surface area contributed by atoms with E-state index in [1.165, 1.54) is 83.1 Å². The van der Waals surface area contributed by atoms with Gasteiger partial charge in [0, 0.05) is 5.41 Å². The van der Waals surface area contributed by atoms with Gasteiger partial charge in [-0.25, -0.2) is 0 Å². The molecule has 0 aliphatic carbocycles. The van der Waals surface area contributed by atoms with Gasteiger partial charge in [-0.15, -0.1) is 0 Å². The molecule has 0 saturated heterocycles. The number of ether oxygens (including phenoxy) is 5. The van der Waals surface area contributed by atoms with Gasteiger partial charge in [0.05, 0.1) is 25.9 Å². The molecule has 360 valence electrons. The number of carbonyl (C=O) groups is 7. The quantitative estimate of drug-likeness (QED) is 0.0880. The highest BCUT2D eigenvalue weighted by molar-refractivity contribution is 5.93. The molecule has 0 unspecified atom stereocenters. The Morgan fingerprint density at radius 1 is 0.371 bits per heavy atom. The normalized spacial score (nSPS) is 13.2. The zero-order chi connectivity index (χ0) is 49.1. The Hall–Kier alpha value is -4.38. The molecule has 0 aliphatic rings. The summed E-state index contributed by atoms with van der Waals surface area (Å²) >= 11 is 0. The van der Waals surface area contributed by atoms with Crippen LogP contribution in [0.25, 0.3) is 0 Å². The second-order valence-electron chi connectivity index (χ2n) is 18.5. The van der Waals surface area contributed by atoms with Crippen molar-refractivity contribution in [3.05, 3.63) is 0 Å². The van der Waals surface area contributed by atoms with Gasteiger partial charge in [-0.2, -0.15) is 39.5 Å². The van der Waals surface area contributed by atoms with Crippen molar-refractivity contribution in [3.8, 4) is 0 Å². The van der Waals surface area contributed by atoms with E-state index in [0.717, 1.165) is 0 Å². The Morgan fingerprint density at radius 2 is 0.597 bits per heavy atom. The maximum atomic E-state index is 13.8. The Morgan fingerprint density at radius 3 is 0.806 bits per heavy atom. The molecule has 62 heavy (non-hydrogen) atoms. The van der Waals surface area contributed by atoms with Gasteiger partial charge in [0.1, 0.15) is 68.3 Å². The van der Waals surface area contributed by atoms with E-state index in [-0.39, 0.29) is 4.90 Å². The Labute approximate surface area is 354 Å². The third-order valence-electron chi connectivity index (χ3n) is 7.03. The molecule has 0 radical (unpaired) electrons. The molecule has 0 rings (SSSR count). The highest BCUT2D eigenvalue weighted by Crippen LogP contribution is 2.48. The molecule has 0 bridgehead atoms. The molecular weight excluding hydrogens is 861 g/mol. The highest BCUT2D eigenvalue weighted by Gasteiger charge is 2.54. The lowest BCUT2D eigenvalue weighted by Gasteiger charge is -2.36. The fraction of sp³-hybridized carbons (Fsp3) is 0.816. The van der Waals surface area contributed by atoms with Gasteiger partial charge < -0.3 is 38.4 Å². The van der Waals surface area contributed by atoms with Crippen LogP contribution in [0.5, 0.6) is 0 Å². The topological polar surface area (TPSA) is 175 Å². The lowest BCUT2D eigenvalue weighted by Crippen LogP contribution is -2.52. The fourth-order valence-corrected chi connectivity index (χ4v) is 5.40. The number of alkyl halides is 9. The van der Waals surface area contributed by atoms with E-state index in [4.69, 9.17) is 23.7 Å². The first-order valence-electron chi connectivity index (χ1n) is 18.9. The van der Waals surface area contributed by atoms with Crippen molar-refractivity contribution in [2.45, 2.75) is 143 Å². The molecule has 15 nitrogen and oxygen atoms in total. The Bertz CT molecular complexity index is 1390. The molecule has 0 heterocycles. The summed E-state index contributed by atoms with van der Waals surface area (Å²) in [6.07, 6.45) is -24.7. The number of nitrogens with zero attached hydrogens (tertiary/aromatic N) is 3. The van der Waals surface area contributed by atoms with Crippen molar-refractivity contribution in [3.63, 3.8) is 0 Å². The van der Waals surface area contributed by atoms with Gasteiger partial charge in [-0.05, 0) is 83.1 Å². The number of esters is 4. The molecule has 0 N–H and O–H groups in total. The van der Waals surface area contributed by atoms with Crippen molar-refractivity contribution in [2.24, 2.45) is 5.41 Å². The van der Waals surface area contributed by atoms with Gasteiger partial charge in [-0.1, -0.05) is 0 Å². The van der Waals surface area contributed by atoms with Crippen LogP contribution in [0.15, 0.2) is 0 Å². The summed E-state index contributed by atoms with van der Waals surface area (Å²) in [5, 5.41) is 0. The van der Waals surface area contributed by atoms with Crippen LogP contribution in [0.4, 0.5) is 39.5 Å². The van der Waals surface area contributed by atoms with Gasteiger partial charge >= 0.3 is 42.4 Å². The third kappa shape index (κ3) is 28.3. The van der Waals surface area contributed by atoms with Crippen molar-refractivity contribution in [1.82, 2.24) is 14.7 Å². The van der Waals surface area contributed by atoms with Crippen LogP contribution in [0.3, 0.4) is 0 Å². The number of hydrogen-bond donors (Lipinski definition) is 0. The average Bonchev–Trinajstić information content (AvgIpc) is 2.93. The van der Waals surface area contributed by atoms with Crippen LogP contribution in [-0.4, -0.2) is 150 Å². The number of carbonyl (C=O) groups excluding carboxylic acids is 7. The number of hydrogen-bond acceptors (Lipinski definition) is 12. The van der Waals surface area contributed by atoms with Crippen LogP contribution in [0, 0.1) is 5.41 Å². The SMILES string of the molecule is CC(C)(C)OC(=O)CN(CC(=O)OC(C)(C)C)C(=O)CN(CC(=O)N(CC(=O)OC(C)(C)C)CC(=O)OC(C)(C)C)C(=O)COCC(CC(F)(F)F)(CC(F)(F)F)CC(F)(F)F. The van der Waals surface area contributed by atoms with Crippen LogP contribution in [0.2, 0.25) is 0 Å². The largest absolute Gasteiger partial charge is 0.459 e. The second-order valence-corrected chi connectivity index (χ2v) is 18.5. The van der Waals surface area contributed by atoms with Gasteiger partial charge in [0.15, 0.2) is 0 Å². The smallest absolute Gasteiger partial charge is 0.389 e. The molecule has 0 aromatic rings. The molecule has 0 spiro atoms. The van der Waals surface area contributed by atoms with Gasteiger partial charge in [0.25, 0.3) is 0 Å². The van der Waals surface area contributed by atoms with E-state index >= 15 is 0 Å². The van der Waals surface area contributed by atoms with E-state index in [0.29, 0.717) is 9.80 Å². The summed E-state index contributed by atoms with van der Waals surface area (Å²) in [5.41, 5.74) is -8.26. The van der Waals surface area contributed by atoms with E-state index in [2.05, 4.69) is 0 Å². The summed E-state index contributed by atoms with van der Waals surface area (Å²) in [6, 6.07) is 0. The summed E-state index contributed by atoms with van der Waals surface area (Å²) in [7, 11) is 0. The molecule has 24 heteroatoms. The minimum absolute atomic E-state index is 0.262. The molecular formula is C38H58F9N3O12. The third-order valence-corrected chi connectivity index (χ3v) is 7.03. The fourth-order valence-electron chi connectivity index (χ4n) is 5.40. The molecule has 0 aromatic carbocycles. The predicted molar refractivity (Wildman–Crippen MR) is 198 cm³/mol. The van der Waals surface area contributed by atoms with Crippen molar-refractivity contribution < 1.29 is 96.8 Å². The summed E-state index contributed by atoms with van der Waals surface area (Å²) in [5.74, 6) is -8.63. The second kappa shape index (κ2) is 21.8. The number of rotatable bonds is 19. The lowest BCUT2D eigenvalue weighted by molar-refractivity contribution is -0.235. The molecule has 0 atom stereocenters. The molecule has 0 aromatic heterocycles. The van der Waals surface area contributed by atoms with Gasteiger partial charge in [-0.3, -0.25) is 33.6 Å². The first-order chi connectivity index (χ1) is 27.4. The lowest BCUT2D eigenvalue weighted by atomic mass is 9.78. The maximum absolute atomic E-state index is 13.8. The van der Waals surface area contributed by atoms with Crippen molar-refractivity contribution in [2.75, 3.05) is 52.5 Å². The van der Waals surface area contributed by atoms with Crippen molar-refractivity contribution >= 4 is 41.6 Å². The molecule has 0 fully saturated rings. The standard InChI is InChI=1S/C38H58F9N3O12/c1-31(2,3)59-27(54)15-49(16-28(55)60-32(4,5)6)24(51)13-48(14-25(52)50(17-29(56)61-33(7,8)9)18-30(57)62-34(10,11)12)26(53)19-58-23-35(20-36(39,40)41,21-37(42,43)44)22-38(45,46)47/h13-23H2,1-12H3. The van der Waals surface area contributed by atoms with Gasteiger partial charge in [0.2, 0.25) is 17.7 Å². The van der Waals surface area contributed by atoms with E-state index in [1.807, 2.05) is 0 Å². The van der Waals surface area contributed by atoms with Crippen LogP contribution < -0.4 is 0 Å². The van der Waals surface area contributed by atoms with Crippen LogP contribution in [0.1, 0.15) is 102 Å². The summed E-state index contributed by atoms with van der Waals surface area (Å²) in [4.78, 5) is 93.8. The van der Waals surface area contributed by atoms with Crippen LogP contribution >= 0.6 is 0 Å². The van der Waals surface area contributed by atoms with Crippen molar-refractivity contribution in [1.29, 1.82) is 0 Å².